The predicted molar refractivity (Wildman–Crippen MR) is 78.3 cm³/mol. The van der Waals surface area contributed by atoms with Crippen LogP contribution in [0.1, 0.15) is 0 Å². The molecule has 2 N–H and O–H groups in total. The molecule has 5 nitrogen and oxygen atoms in total. The summed E-state index contributed by atoms with van der Waals surface area (Å²) in [6, 6.07) is 7.45. The van der Waals surface area contributed by atoms with E-state index in [0.29, 0.717) is 26.4 Å². The van der Waals surface area contributed by atoms with Gasteiger partial charge < -0.3 is 20.1 Å². The summed E-state index contributed by atoms with van der Waals surface area (Å²) in [5.74, 6) is -0.0702. The summed E-state index contributed by atoms with van der Waals surface area (Å²) in [5.41, 5.74) is 0.784. The number of anilines is 1. The van der Waals surface area contributed by atoms with Gasteiger partial charge in [0.25, 0.3) is 0 Å². The first-order chi connectivity index (χ1) is 9.22. The molecule has 0 unspecified atom stereocenters. The second kappa shape index (κ2) is 9.91. The van der Waals surface area contributed by atoms with Crippen molar-refractivity contribution in [2.75, 3.05) is 45.3 Å². The molecule has 6 heteroatoms. The van der Waals surface area contributed by atoms with Crippen LogP contribution in [0, 0.1) is 0 Å². The number of ether oxygens (including phenoxy) is 2. The van der Waals surface area contributed by atoms with Crippen LogP contribution < -0.4 is 10.6 Å². The van der Waals surface area contributed by atoms with Gasteiger partial charge in [0.1, 0.15) is 0 Å². The zero-order chi connectivity index (χ0) is 13.9. The lowest BCUT2D eigenvalue weighted by molar-refractivity contribution is -0.115. The van der Waals surface area contributed by atoms with E-state index in [1.807, 2.05) is 24.3 Å². The van der Waals surface area contributed by atoms with E-state index in [0.717, 1.165) is 10.2 Å². The smallest absolute Gasteiger partial charge is 0.238 e. The van der Waals surface area contributed by atoms with Gasteiger partial charge in [0.15, 0.2) is 0 Å². The van der Waals surface area contributed by atoms with E-state index < -0.39 is 0 Å². The molecule has 0 aliphatic carbocycles. The summed E-state index contributed by atoms with van der Waals surface area (Å²) in [6.45, 7) is 2.63. The summed E-state index contributed by atoms with van der Waals surface area (Å²) >= 11 is 3.34. The van der Waals surface area contributed by atoms with Gasteiger partial charge in [0, 0.05) is 23.8 Å². The molecule has 0 bridgehead atoms. The molecule has 0 fully saturated rings. The Bertz CT molecular complexity index is 371. The Morgan fingerprint density at radius 2 is 1.95 bits per heavy atom. The van der Waals surface area contributed by atoms with Gasteiger partial charge >= 0.3 is 0 Å². The molecule has 0 radical (unpaired) electrons. The first-order valence-corrected chi connectivity index (χ1v) is 6.84. The lowest BCUT2D eigenvalue weighted by Gasteiger charge is -2.07. The number of hydrogen-bond donors (Lipinski definition) is 2. The van der Waals surface area contributed by atoms with Gasteiger partial charge in [-0.15, -0.1) is 0 Å². The van der Waals surface area contributed by atoms with E-state index in [1.54, 1.807) is 7.11 Å². The molecule has 0 aromatic heterocycles. The maximum Gasteiger partial charge on any atom is 0.238 e. The second-order valence-corrected chi connectivity index (χ2v) is 4.75. The Kier molecular flexibility index (Phi) is 8.40. The number of halogens is 1. The Morgan fingerprint density at radius 1 is 1.21 bits per heavy atom. The minimum atomic E-state index is -0.0702. The van der Waals surface area contributed by atoms with E-state index in [4.69, 9.17) is 9.47 Å². The molecule has 1 amide bonds. The molecule has 1 aromatic carbocycles. The number of carbonyl (C=O) groups excluding carboxylic acids is 1. The van der Waals surface area contributed by atoms with E-state index >= 15 is 0 Å². The summed E-state index contributed by atoms with van der Waals surface area (Å²) < 4.78 is 11.1. The number of amides is 1. The maximum atomic E-state index is 11.6. The molecule has 106 valence electrons. The quantitative estimate of drug-likeness (QED) is 0.676. The minimum Gasteiger partial charge on any atom is -0.382 e. The molecular weight excluding hydrogens is 312 g/mol. The van der Waals surface area contributed by atoms with E-state index in [2.05, 4.69) is 26.6 Å². The third-order valence-electron chi connectivity index (χ3n) is 2.27. The Morgan fingerprint density at radius 3 is 2.63 bits per heavy atom. The van der Waals surface area contributed by atoms with Crippen molar-refractivity contribution in [1.29, 1.82) is 0 Å². The lowest BCUT2D eigenvalue weighted by Crippen LogP contribution is -2.30. The third-order valence-corrected chi connectivity index (χ3v) is 2.80. The number of nitrogens with one attached hydrogen (secondary N) is 2. The third kappa shape index (κ3) is 7.94. The van der Waals surface area contributed by atoms with Crippen molar-refractivity contribution in [2.24, 2.45) is 0 Å². The number of rotatable bonds is 9. The van der Waals surface area contributed by atoms with E-state index in [1.165, 1.54) is 0 Å². The first-order valence-electron chi connectivity index (χ1n) is 6.05. The average Bonchev–Trinajstić information content (AvgIpc) is 2.40. The SMILES string of the molecule is COCCOCCNCC(=O)Nc1ccc(Br)cc1. The van der Waals surface area contributed by atoms with E-state index in [-0.39, 0.29) is 12.5 Å². The Hall–Kier alpha value is -0.950. The van der Waals surface area contributed by atoms with Gasteiger partial charge in [-0.1, -0.05) is 15.9 Å². The predicted octanol–water partition coefficient (Wildman–Crippen LogP) is 1.64. The molecular formula is C13H19BrN2O3. The van der Waals surface area contributed by atoms with Gasteiger partial charge in [-0.3, -0.25) is 4.79 Å². The molecule has 19 heavy (non-hydrogen) atoms. The number of carbonyl (C=O) groups is 1. The van der Waals surface area contributed by atoms with Crippen LogP contribution in [0.15, 0.2) is 28.7 Å². The fourth-order valence-electron chi connectivity index (χ4n) is 1.33. The topological polar surface area (TPSA) is 59.6 Å². The highest BCUT2D eigenvalue weighted by Gasteiger charge is 2.01. The highest BCUT2D eigenvalue weighted by molar-refractivity contribution is 9.10. The van der Waals surface area contributed by atoms with Gasteiger partial charge in [0.05, 0.1) is 26.4 Å². The normalized spacial score (nSPS) is 10.4. The summed E-state index contributed by atoms with van der Waals surface area (Å²) in [5, 5.41) is 5.80. The van der Waals surface area contributed by atoms with Crippen LogP contribution in [0.25, 0.3) is 0 Å². The molecule has 0 spiro atoms. The number of benzene rings is 1. The van der Waals surface area contributed by atoms with Crippen molar-refractivity contribution < 1.29 is 14.3 Å². The zero-order valence-corrected chi connectivity index (χ0v) is 12.5. The standard InChI is InChI=1S/C13H19BrN2O3/c1-18-8-9-19-7-6-15-10-13(17)16-12-4-2-11(14)3-5-12/h2-5,15H,6-10H2,1H3,(H,16,17). The van der Waals surface area contributed by atoms with Crippen LogP contribution in [0.4, 0.5) is 5.69 Å². The fraction of sp³-hybridized carbons (Fsp3) is 0.462. The van der Waals surface area contributed by atoms with Gasteiger partial charge in [-0.2, -0.15) is 0 Å². The average molecular weight is 331 g/mol. The zero-order valence-electron chi connectivity index (χ0n) is 10.9. The highest BCUT2D eigenvalue weighted by Crippen LogP contribution is 2.13. The Balaban J connectivity index is 2.06. The van der Waals surface area contributed by atoms with Crippen LogP contribution >= 0.6 is 15.9 Å². The summed E-state index contributed by atoms with van der Waals surface area (Å²) in [4.78, 5) is 11.6. The van der Waals surface area contributed by atoms with Crippen LogP contribution in [0.2, 0.25) is 0 Å². The maximum absolute atomic E-state index is 11.6. The van der Waals surface area contributed by atoms with Gasteiger partial charge in [0.2, 0.25) is 5.91 Å². The summed E-state index contributed by atoms with van der Waals surface area (Å²) in [7, 11) is 1.63. The molecule has 0 saturated heterocycles. The van der Waals surface area contributed by atoms with Crippen molar-refractivity contribution in [3.8, 4) is 0 Å². The monoisotopic (exact) mass is 330 g/mol. The van der Waals surface area contributed by atoms with Crippen LogP contribution in [0.5, 0.6) is 0 Å². The van der Waals surface area contributed by atoms with Crippen LogP contribution in [-0.2, 0) is 14.3 Å². The van der Waals surface area contributed by atoms with Crippen molar-refractivity contribution in [2.45, 2.75) is 0 Å². The molecule has 0 aliphatic heterocycles. The molecule has 1 aromatic rings. The van der Waals surface area contributed by atoms with Crippen molar-refractivity contribution in [1.82, 2.24) is 5.32 Å². The van der Waals surface area contributed by atoms with E-state index in [9.17, 15) is 4.79 Å². The molecule has 0 saturated carbocycles. The first kappa shape index (κ1) is 16.1. The number of methoxy groups -OCH3 is 1. The minimum absolute atomic E-state index is 0.0702. The van der Waals surface area contributed by atoms with Gasteiger partial charge in [-0.25, -0.2) is 0 Å². The van der Waals surface area contributed by atoms with Crippen molar-refractivity contribution in [3.63, 3.8) is 0 Å². The molecule has 0 atom stereocenters. The Labute approximate surface area is 121 Å². The number of hydrogen-bond acceptors (Lipinski definition) is 4. The second-order valence-electron chi connectivity index (χ2n) is 3.84. The highest BCUT2D eigenvalue weighted by atomic mass is 79.9. The lowest BCUT2D eigenvalue weighted by atomic mass is 10.3. The molecule has 1 rings (SSSR count). The van der Waals surface area contributed by atoms with Crippen molar-refractivity contribution in [3.05, 3.63) is 28.7 Å². The molecule has 0 heterocycles. The summed E-state index contributed by atoms with van der Waals surface area (Å²) in [6.07, 6.45) is 0. The molecule has 0 aliphatic rings. The largest absolute Gasteiger partial charge is 0.382 e. The van der Waals surface area contributed by atoms with Gasteiger partial charge in [-0.05, 0) is 24.3 Å². The van der Waals surface area contributed by atoms with Crippen LogP contribution in [0.3, 0.4) is 0 Å². The van der Waals surface area contributed by atoms with Crippen molar-refractivity contribution >= 4 is 27.5 Å². The van der Waals surface area contributed by atoms with Crippen LogP contribution in [-0.4, -0.2) is 45.9 Å². The fourth-order valence-corrected chi connectivity index (χ4v) is 1.59.